The summed E-state index contributed by atoms with van der Waals surface area (Å²) in [4.78, 5) is 15.0. The number of ether oxygens (including phenoxy) is 3. The van der Waals surface area contributed by atoms with Crippen LogP contribution in [0.1, 0.15) is 69.4 Å². The van der Waals surface area contributed by atoms with Gasteiger partial charge in [0.1, 0.15) is 0 Å². The third-order valence-corrected chi connectivity index (χ3v) is 7.07. The van der Waals surface area contributed by atoms with Crippen molar-refractivity contribution in [2.24, 2.45) is 0 Å². The molecule has 0 aliphatic carbocycles. The number of methoxy groups -OCH3 is 2. The van der Waals surface area contributed by atoms with Gasteiger partial charge in [0, 0.05) is 37.9 Å². The number of benzene rings is 2. The second-order valence-corrected chi connectivity index (χ2v) is 10.2. The van der Waals surface area contributed by atoms with E-state index in [2.05, 4.69) is 48.4 Å². The zero-order valence-electron chi connectivity index (χ0n) is 24.3. The molecule has 0 aromatic heterocycles. The molecule has 1 N–H and O–H groups in total. The smallest absolute Gasteiger partial charge is 0.258 e. The van der Waals surface area contributed by atoms with E-state index in [0.29, 0.717) is 23.9 Å². The molecule has 7 nitrogen and oxygen atoms in total. The summed E-state index contributed by atoms with van der Waals surface area (Å²) in [7, 11) is 3.24. The van der Waals surface area contributed by atoms with Crippen molar-refractivity contribution in [3.8, 4) is 17.2 Å². The second-order valence-electron chi connectivity index (χ2n) is 10.2. The number of piperazine rings is 1. The SMILES string of the molecule is CCCCCCCCCCOc1c(OC)cc(/C=C/C(=O)NN2CCN(c3cccc(C)c3)CC2)cc1OC. The van der Waals surface area contributed by atoms with E-state index < -0.39 is 0 Å². The first-order valence-corrected chi connectivity index (χ1v) is 14.5. The van der Waals surface area contributed by atoms with Gasteiger partial charge in [-0.2, -0.15) is 0 Å². The van der Waals surface area contributed by atoms with Gasteiger partial charge in [-0.3, -0.25) is 10.2 Å². The maximum absolute atomic E-state index is 12.6. The number of aryl methyl sites for hydroxylation is 1. The van der Waals surface area contributed by atoms with E-state index in [4.69, 9.17) is 14.2 Å². The molecule has 39 heavy (non-hydrogen) atoms. The highest BCUT2D eigenvalue weighted by atomic mass is 16.5. The maximum Gasteiger partial charge on any atom is 0.258 e. The van der Waals surface area contributed by atoms with Crippen LogP contribution in [0, 0.1) is 6.92 Å². The summed E-state index contributed by atoms with van der Waals surface area (Å²) in [6.45, 7) is 8.23. The quantitative estimate of drug-likeness (QED) is 0.198. The third kappa shape index (κ3) is 10.1. The maximum atomic E-state index is 12.6. The summed E-state index contributed by atoms with van der Waals surface area (Å²) in [6, 6.07) is 12.3. The number of unbranched alkanes of at least 4 members (excludes halogenated alkanes) is 7. The topological polar surface area (TPSA) is 63.3 Å². The summed E-state index contributed by atoms with van der Waals surface area (Å²) in [6.07, 6.45) is 13.3. The van der Waals surface area contributed by atoms with Gasteiger partial charge in [0.05, 0.1) is 20.8 Å². The minimum atomic E-state index is -0.160. The average Bonchev–Trinajstić information content (AvgIpc) is 2.95. The Labute approximate surface area is 235 Å². The standard InChI is InChI=1S/C32H47N3O4/c1-5-6-7-8-9-10-11-12-22-39-32-29(37-3)24-27(25-30(32)38-4)16-17-31(36)33-35-20-18-34(19-21-35)28-15-13-14-26(2)23-28/h13-17,23-25H,5-12,18-22H2,1-4H3,(H,33,36)/b17-16+. The minimum absolute atomic E-state index is 0.160. The van der Waals surface area contributed by atoms with Crippen molar-refractivity contribution in [3.63, 3.8) is 0 Å². The van der Waals surface area contributed by atoms with E-state index in [0.717, 1.165) is 44.6 Å². The number of carbonyl (C=O) groups is 1. The van der Waals surface area contributed by atoms with Crippen molar-refractivity contribution in [1.29, 1.82) is 0 Å². The zero-order chi connectivity index (χ0) is 27.9. The normalized spacial score (nSPS) is 14.0. The van der Waals surface area contributed by atoms with E-state index in [1.165, 1.54) is 49.8 Å². The van der Waals surface area contributed by atoms with Gasteiger partial charge in [-0.25, -0.2) is 5.01 Å². The number of rotatable bonds is 16. The van der Waals surface area contributed by atoms with Crippen molar-refractivity contribution in [1.82, 2.24) is 10.4 Å². The first kappa shape index (κ1) is 30.4. The van der Waals surface area contributed by atoms with Gasteiger partial charge >= 0.3 is 0 Å². The lowest BCUT2D eigenvalue weighted by atomic mass is 10.1. The number of amides is 1. The first-order chi connectivity index (χ1) is 19.0. The predicted octanol–water partition coefficient (Wildman–Crippen LogP) is 6.40. The van der Waals surface area contributed by atoms with Crippen molar-refractivity contribution in [2.45, 2.75) is 65.2 Å². The Morgan fingerprint density at radius 3 is 2.15 bits per heavy atom. The molecule has 1 heterocycles. The molecule has 0 bridgehead atoms. The summed E-state index contributed by atoms with van der Waals surface area (Å²) in [5.74, 6) is 1.64. The number of carbonyl (C=O) groups excluding carboxylic acids is 1. The van der Waals surface area contributed by atoms with Crippen LogP contribution < -0.4 is 24.5 Å². The average molecular weight is 538 g/mol. The predicted molar refractivity (Wildman–Crippen MR) is 160 cm³/mol. The molecule has 1 amide bonds. The van der Waals surface area contributed by atoms with Gasteiger partial charge in [0.2, 0.25) is 5.75 Å². The van der Waals surface area contributed by atoms with Crippen LogP contribution in [-0.2, 0) is 4.79 Å². The fraction of sp³-hybridized carbons (Fsp3) is 0.531. The van der Waals surface area contributed by atoms with E-state index in [-0.39, 0.29) is 5.91 Å². The van der Waals surface area contributed by atoms with Crippen molar-refractivity contribution in [2.75, 3.05) is 51.9 Å². The number of nitrogens with one attached hydrogen (secondary N) is 1. The molecule has 1 aliphatic heterocycles. The molecule has 2 aromatic rings. The molecule has 0 radical (unpaired) electrons. The van der Waals surface area contributed by atoms with Gasteiger partial charge in [0.25, 0.3) is 5.91 Å². The lowest BCUT2D eigenvalue weighted by Crippen LogP contribution is -2.53. The van der Waals surface area contributed by atoms with Crippen LogP contribution in [0.5, 0.6) is 17.2 Å². The molecule has 1 aliphatic rings. The fourth-order valence-corrected chi connectivity index (χ4v) is 4.81. The Balaban J connectivity index is 1.46. The molecule has 3 rings (SSSR count). The van der Waals surface area contributed by atoms with Gasteiger partial charge in [-0.15, -0.1) is 0 Å². The zero-order valence-corrected chi connectivity index (χ0v) is 24.3. The molecule has 0 unspecified atom stereocenters. The summed E-state index contributed by atoms with van der Waals surface area (Å²) in [5, 5.41) is 1.97. The molecule has 0 saturated carbocycles. The fourth-order valence-electron chi connectivity index (χ4n) is 4.81. The first-order valence-electron chi connectivity index (χ1n) is 14.5. The second kappa shape index (κ2) is 16.7. The number of nitrogens with zero attached hydrogens (tertiary/aromatic N) is 2. The molecular formula is C32H47N3O4. The highest BCUT2D eigenvalue weighted by Gasteiger charge is 2.18. The highest BCUT2D eigenvalue weighted by Crippen LogP contribution is 2.39. The van der Waals surface area contributed by atoms with E-state index in [1.807, 2.05) is 17.1 Å². The van der Waals surface area contributed by atoms with Gasteiger partial charge < -0.3 is 19.1 Å². The van der Waals surface area contributed by atoms with E-state index in [1.54, 1.807) is 26.4 Å². The van der Waals surface area contributed by atoms with E-state index in [9.17, 15) is 4.79 Å². The lowest BCUT2D eigenvalue weighted by Gasteiger charge is -2.36. The van der Waals surface area contributed by atoms with Crippen LogP contribution in [0.2, 0.25) is 0 Å². The van der Waals surface area contributed by atoms with E-state index >= 15 is 0 Å². The van der Waals surface area contributed by atoms with Crippen LogP contribution in [0.4, 0.5) is 5.69 Å². The van der Waals surface area contributed by atoms with Crippen LogP contribution in [-0.4, -0.2) is 57.9 Å². The molecule has 1 fully saturated rings. The van der Waals surface area contributed by atoms with Crippen LogP contribution in [0.3, 0.4) is 0 Å². The lowest BCUT2D eigenvalue weighted by molar-refractivity contribution is -0.121. The highest BCUT2D eigenvalue weighted by molar-refractivity contribution is 5.91. The number of anilines is 1. The van der Waals surface area contributed by atoms with Gasteiger partial charge in [-0.1, -0.05) is 64.0 Å². The van der Waals surface area contributed by atoms with Crippen molar-refractivity contribution >= 4 is 17.7 Å². The Bertz CT molecular complexity index is 1020. The molecule has 0 spiro atoms. The minimum Gasteiger partial charge on any atom is -0.493 e. The number of hydrogen-bond donors (Lipinski definition) is 1. The number of hydrogen-bond acceptors (Lipinski definition) is 6. The van der Waals surface area contributed by atoms with Gasteiger partial charge in [0.15, 0.2) is 11.5 Å². The molecule has 0 atom stereocenters. The molecule has 1 saturated heterocycles. The molecule has 214 valence electrons. The Kier molecular flexibility index (Phi) is 13.0. The Morgan fingerprint density at radius 2 is 1.54 bits per heavy atom. The van der Waals surface area contributed by atoms with Crippen molar-refractivity contribution < 1.29 is 19.0 Å². The largest absolute Gasteiger partial charge is 0.493 e. The summed E-state index contributed by atoms with van der Waals surface area (Å²) in [5.41, 5.74) is 6.29. The Hall–Kier alpha value is -3.19. The van der Waals surface area contributed by atoms with Crippen LogP contribution >= 0.6 is 0 Å². The third-order valence-electron chi connectivity index (χ3n) is 7.07. The van der Waals surface area contributed by atoms with Crippen LogP contribution in [0.25, 0.3) is 6.08 Å². The number of hydrazine groups is 1. The molecule has 2 aromatic carbocycles. The monoisotopic (exact) mass is 537 g/mol. The van der Waals surface area contributed by atoms with Gasteiger partial charge in [-0.05, 0) is 54.8 Å². The summed E-state index contributed by atoms with van der Waals surface area (Å²) < 4.78 is 17.2. The van der Waals surface area contributed by atoms with Crippen LogP contribution in [0.15, 0.2) is 42.5 Å². The Morgan fingerprint density at radius 1 is 0.897 bits per heavy atom. The van der Waals surface area contributed by atoms with Crippen molar-refractivity contribution in [3.05, 3.63) is 53.6 Å². The molecule has 7 heteroatoms. The summed E-state index contributed by atoms with van der Waals surface area (Å²) >= 11 is 0. The molecular weight excluding hydrogens is 490 g/mol.